The highest BCUT2D eigenvalue weighted by Crippen LogP contribution is 2.37. The number of rotatable bonds is 4. The van der Waals surface area contributed by atoms with Gasteiger partial charge in [0.15, 0.2) is 0 Å². The lowest BCUT2D eigenvalue weighted by Gasteiger charge is -2.36. The van der Waals surface area contributed by atoms with Crippen LogP contribution in [0.4, 0.5) is 4.39 Å². The molecule has 2 saturated heterocycles. The van der Waals surface area contributed by atoms with Crippen molar-refractivity contribution in [3.05, 3.63) is 71.3 Å². The van der Waals surface area contributed by atoms with Gasteiger partial charge in [0.2, 0.25) is 0 Å². The standard InChI is InChI=1S/C23H25FN2O2/c1-25(22(27)17-5-3-2-4-6-17)15-16-7-9-18(10-8-16)23(28)26-20-11-12-21(26)14-19(24)13-20/h2-10,19-21H,11-15H2,1H3. The van der Waals surface area contributed by atoms with Crippen molar-refractivity contribution >= 4 is 11.8 Å². The topological polar surface area (TPSA) is 40.6 Å². The molecule has 2 fully saturated rings. The van der Waals surface area contributed by atoms with Gasteiger partial charge in [-0.15, -0.1) is 0 Å². The second kappa shape index (κ2) is 7.74. The molecule has 146 valence electrons. The Kier molecular flexibility index (Phi) is 5.16. The Bertz CT molecular complexity index is 839. The third kappa shape index (κ3) is 3.66. The molecule has 0 aliphatic carbocycles. The zero-order valence-corrected chi connectivity index (χ0v) is 16.1. The molecular formula is C23H25FN2O2. The summed E-state index contributed by atoms with van der Waals surface area (Å²) in [5, 5.41) is 0. The molecule has 2 unspecified atom stereocenters. The van der Waals surface area contributed by atoms with Gasteiger partial charge in [0, 0.05) is 36.8 Å². The first-order valence-electron chi connectivity index (χ1n) is 9.89. The van der Waals surface area contributed by atoms with E-state index in [2.05, 4.69) is 0 Å². The molecule has 0 saturated carbocycles. The lowest BCUT2D eigenvalue weighted by Crippen LogP contribution is -2.47. The zero-order chi connectivity index (χ0) is 19.7. The number of carbonyl (C=O) groups is 2. The van der Waals surface area contributed by atoms with Crippen molar-refractivity contribution in [1.82, 2.24) is 9.80 Å². The number of hydrogen-bond acceptors (Lipinski definition) is 2. The SMILES string of the molecule is CN(Cc1ccc(C(=O)N2C3CCC2CC(F)C3)cc1)C(=O)c1ccccc1. The minimum Gasteiger partial charge on any atom is -0.337 e. The lowest BCUT2D eigenvalue weighted by molar-refractivity contribution is 0.0478. The van der Waals surface area contributed by atoms with Gasteiger partial charge in [0.1, 0.15) is 6.17 Å². The van der Waals surface area contributed by atoms with E-state index < -0.39 is 6.17 Å². The van der Waals surface area contributed by atoms with Crippen molar-refractivity contribution in [2.75, 3.05) is 7.05 Å². The van der Waals surface area contributed by atoms with E-state index in [4.69, 9.17) is 0 Å². The summed E-state index contributed by atoms with van der Waals surface area (Å²) in [5.41, 5.74) is 2.26. The van der Waals surface area contributed by atoms with Gasteiger partial charge in [0.25, 0.3) is 11.8 Å². The van der Waals surface area contributed by atoms with Crippen LogP contribution in [0.15, 0.2) is 54.6 Å². The number of hydrogen-bond donors (Lipinski definition) is 0. The molecule has 0 radical (unpaired) electrons. The van der Waals surface area contributed by atoms with Crippen molar-refractivity contribution in [3.8, 4) is 0 Å². The van der Waals surface area contributed by atoms with Crippen molar-refractivity contribution in [2.24, 2.45) is 0 Å². The fourth-order valence-electron chi connectivity index (χ4n) is 4.49. The Morgan fingerprint density at radius 2 is 1.57 bits per heavy atom. The first-order valence-corrected chi connectivity index (χ1v) is 9.89. The monoisotopic (exact) mass is 380 g/mol. The maximum atomic E-state index is 13.8. The summed E-state index contributed by atoms with van der Waals surface area (Å²) in [6, 6.07) is 16.7. The van der Waals surface area contributed by atoms with Crippen LogP contribution in [0.25, 0.3) is 0 Å². The molecule has 2 amide bonds. The summed E-state index contributed by atoms with van der Waals surface area (Å²) < 4.78 is 13.8. The Morgan fingerprint density at radius 3 is 2.18 bits per heavy atom. The molecule has 0 N–H and O–H groups in total. The lowest BCUT2D eigenvalue weighted by atomic mass is 9.99. The maximum Gasteiger partial charge on any atom is 0.254 e. The highest BCUT2D eigenvalue weighted by molar-refractivity contribution is 5.95. The second-order valence-corrected chi connectivity index (χ2v) is 7.89. The molecule has 2 heterocycles. The molecular weight excluding hydrogens is 355 g/mol. The molecule has 2 bridgehead atoms. The Hall–Kier alpha value is -2.69. The number of nitrogens with zero attached hydrogens (tertiary/aromatic N) is 2. The Labute approximate surface area is 164 Å². The van der Waals surface area contributed by atoms with Crippen molar-refractivity contribution in [1.29, 1.82) is 0 Å². The van der Waals surface area contributed by atoms with Crippen LogP contribution in [0.3, 0.4) is 0 Å². The largest absolute Gasteiger partial charge is 0.337 e. The molecule has 28 heavy (non-hydrogen) atoms. The second-order valence-electron chi connectivity index (χ2n) is 7.89. The molecule has 2 aromatic carbocycles. The number of benzene rings is 2. The summed E-state index contributed by atoms with van der Waals surface area (Å²) in [6.07, 6.45) is 1.96. The Morgan fingerprint density at radius 1 is 0.964 bits per heavy atom. The maximum absolute atomic E-state index is 13.8. The van der Waals surface area contributed by atoms with Gasteiger partial charge in [-0.05, 0) is 55.5 Å². The molecule has 2 aliphatic rings. The van der Waals surface area contributed by atoms with Crippen LogP contribution in [0.5, 0.6) is 0 Å². The number of alkyl halides is 1. The average Bonchev–Trinajstić information content (AvgIpc) is 2.99. The van der Waals surface area contributed by atoms with Crippen molar-refractivity contribution in [2.45, 2.75) is 50.5 Å². The molecule has 0 aromatic heterocycles. The molecule has 4 rings (SSSR count). The first kappa shape index (κ1) is 18.7. The zero-order valence-electron chi connectivity index (χ0n) is 16.1. The van der Waals surface area contributed by atoms with E-state index in [9.17, 15) is 14.0 Å². The molecule has 0 spiro atoms. The molecule has 4 nitrogen and oxygen atoms in total. The Balaban J connectivity index is 1.41. The smallest absolute Gasteiger partial charge is 0.254 e. The van der Waals surface area contributed by atoms with E-state index in [0.29, 0.717) is 30.5 Å². The third-order valence-electron chi connectivity index (χ3n) is 5.90. The number of amides is 2. The minimum absolute atomic E-state index is 0.000309. The number of halogens is 1. The summed E-state index contributed by atoms with van der Waals surface area (Å²) >= 11 is 0. The quantitative estimate of drug-likeness (QED) is 0.802. The van der Waals surface area contributed by atoms with E-state index in [1.54, 1.807) is 24.1 Å². The highest BCUT2D eigenvalue weighted by Gasteiger charge is 2.43. The average molecular weight is 380 g/mol. The van der Waals surface area contributed by atoms with Gasteiger partial charge >= 0.3 is 0 Å². The van der Waals surface area contributed by atoms with Gasteiger partial charge in [-0.25, -0.2) is 4.39 Å². The third-order valence-corrected chi connectivity index (χ3v) is 5.90. The molecule has 5 heteroatoms. The van der Waals surface area contributed by atoms with E-state index in [-0.39, 0.29) is 23.9 Å². The van der Waals surface area contributed by atoms with Gasteiger partial charge in [-0.2, -0.15) is 0 Å². The van der Waals surface area contributed by atoms with E-state index in [1.807, 2.05) is 47.4 Å². The summed E-state index contributed by atoms with van der Waals surface area (Å²) in [4.78, 5) is 29.0. The first-order chi connectivity index (χ1) is 13.5. The van der Waals surface area contributed by atoms with Crippen LogP contribution in [-0.4, -0.2) is 46.9 Å². The van der Waals surface area contributed by atoms with Crippen molar-refractivity contribution in [3.63, 3.8) is 0 Å². The van der Waals surface area contributed by atoms with Crippen LogP contribution in [0.1, 0.15) is 52.0 Å². The predicted octanol–water partition coefficient (Wildman–Crippen LogP) is 4.06. The van der Waals surface area contributed by atoms with Gasteiger partial charge < -0.3 is 9.80 Å². The van der Waals surface area contributed by atoms with Crippen LogP contribution in [0.2, 0.25) is 0 Å². The van der Waals surface area contributed by atoms with E-state index in [0.717, 1.165) is 18.4 Å². The van der Waals surface area contributed by atoms with E-state index in [1.165, 1.54) is 0 Å². The van der Waals surface area contributed by atoms with Gasteiger partial charge in [-0.1, -0.05) is 30.3 Å². The molecule has 2 atom stereocenters. The summed E-state index contributed by atoms with van der Waals surface area (Å²) in [6.45, 7) is 0.473. The van der Waals surface area contributed by atoms with Gasteiger partial charge in [0.05, 0.1) is 0 Å². The molecule has 2 aromatic rings. The number of carbonyl (C=O) groups excluding carboxylic acids is 2. The van der Waals surface area contributed by atoms with Gasteiger partial charge in [-0.3, -0.25) is 9.59 Å². The van der Waals surface area contributed by atoms with Crippen LogP contribution in [-0.2, 0) is 6.54 Å². The van der Waals surface area contributed by atoms with Crippen LogP contribution in [0, 0.1) is 0 Å². The highest BCUT2D eigenvalue weighted by atomic mass is 19.1. The normalized spacial score (nSPS) is 23.5. The minimum atomic E-state index is -0.776. The fraction of sp³-hybridized carbons (Fsp3) is 0.391. The summed E-state index contributed by atoms with van der Waals surface area (Å²) in [5.74, 6) is -0.0360. The number of piperidine rings is 1. The van der Waals surface area contributed by atoms with Crippen LogP contribution >= 0.6 is 0 Å². The number of fused-ring (bicyclic) bond motifs is 2. The van der Waals surface area contributed by atoms with Crippen molar-refractivity contribution < 1.29 is 14.0 Å². The fourth-order valence-corrected chi connectivity index (χ4v) is 4.49. The molecule has 2 aliphatic heterocycles. The van der Waals surface area contributed by atoms with E-state index >= 15 is 0 Å². The predicted molar refractivity (Wildman–Crippen MR) is 106 cm³/mol. The van der Waals surface area contributed by atoms with Crippen LogP contribution < -0.4 is 0 Å². The summed E-state index contributed by atoms with van der Waals surface area (Å²) in [7, 11) is 1.77.